The molecule has 0 atom stereocenters. The molecule has 2 aromatic rings. The molecule has 0 fully saturated rings. The zero-order valence-electron chi connectivity index (χ0n) is 10.9. The van der Waals surface area contributed by atoms with E-state index in [0.29, 0.717) is 0 Å². The normalized spacial score (nSPS) is 11.3. The van der Waals surface area contributed by atoms with Gasteiger partial charge in [-0.3, -0.25) is 0 Å². The Kier molecular flexibility index (Phi) is 4.52. The number of rotatable bonds is 4. The molecule has 0 saturated heterocycles. The molecule has 0 radical (unpaired) electrons. The highest BCUT2D eigenvalue weighted by Crippen LogP contribution is 2.33. The molecule has 1 aromatic heterocycles. The van der Waals surface area contributed by atoms with Gasteiger partial charge in [-0.25, -0.2) is 9.97 Å². The Bertz CT molecular complexity index is 634. The molecule has 0 amide bonds. The summed E-state index contributed by atoms with van der Waals surface area (Å²) in [7, 11) is 1.37. The van der Waals surface area contributed by atoms with E-state index in [1.54, 1.807) is 0 Å². The summed E-state index contributed by atoms with van der Waals surface area (Å²) in [6.07, 6.45) is -3.21. The lowest BCUT2D eigenvalue weighted by atomic mass is 10.1. The molecule has 0 unspecified atom stereocenters. The van der Waals surface area contributed by atoms with Crippen molar-refractivity contribution in [3.8, 4) is 5.75 Å². The van der Waals surface area contributed by atoms with Gasteiger partial charge in [0.15, 0.2) is 16.7 Å². The average Bonchev–Trinajstić information content (AvgIpc) is 2.44. The first kappa shape index (κ1) is 15.4. The highest BCUT2D eigenvalue weighted by Gasteiger charge is 2.32. The summed E-state index contributed by atoms with van der Waals surface area (Å²) in [6, 6.07) is 5.30. The third-order valence-electron chi connectivity index (χ3n) is 2.73. The number of methoxy groups -OCH3 is 1. The van der Waals surface area contributed by atoms with Crippen LogP contribution in [0.4, 0.5) is 19.0 Å². The lowest BCUT2D eigenvalue weighted by Crippen LogP contribution is -2.12. The molecule has 21 heavy (non-hydrogen) atoms. The number of hydrogen-bond acceptors (Lipinski definition) is 4. The van der Waals surface area contributed by atoms with Gasteiger partial charge in [0.25, 0.3) is 0 Å². The van der Waals surface area contributed by atoms with Gasteiger partial charge < -0.3 is 10.1 Å². The minimum Gasteiger partial charge on any atom is -0.490 e. The molecule has 4 nitrogen and oxygen atoms in total. The van der Waals surface area contributed by atoms with E-state index >= 15 is 0 Å². The smallest absolute Gasteiger partial charge is 0.416 e. The lowest BCUT2D eigenvalue weighted by Gasteiger charge is -2.14. The number of anilines is 1. The van der Waals surface area contributed by atoms with Crippen molar-refractivity contribution in [2.75, 3.05) is 12.4 Å². The molecule has 8 heteroatoms. The maximum absolute atomic E-state index is 12.9. The monoisotopic (exact) mass is 317 g/mol. The van der Waals surface area contributed by atoms with E-state index in [1.165, 1.54) is 31.6 Å². The number of ether oxygens (including phenoxy) is 1. The summed E-state index contributed by atoms with van der Waals surface area (Å²) in [5.74, 6) is 0.415. The van der Waals surface area contributed by atoms with Crippen LogP contribution < -0.4 is 10.1 Å². The van der Waals surface area contributed by atoms with Gasteiger partial charge in [-0.1, -0.05) is 29.8 Å². The van der Waals surface area contributed by atoms with Crippen LogP contribution in [-0.4, -0.2) is 17.1 Å². The molecule has 0 aliphatic heterocycles. The summed E-state index contributed by atoms with van der Waals surface area (Å²) < 4.78 is 43.7. The van der Waals surface area contributed by atoms with Crippen LogP contribution in [0.5, 0.6) is 5.75 Å². The first-order valence-corrected chi connectivity index (χ1v) is 6.24. The lowest BCUT2D eigenvalue weighted by molar-refractivity contribution is -0.138. The van der Waals surface area contributed by atoms with Gasteiger partial charge >= 0.3 is 6.18 Å². The summed E-state index contributed by atoms with van der Waals surface area (Å²) in [5.41, 5.74) is -0.599. The fraction of sp³-hybridized carbons (Fsp3) is 0.231. The van der Waals surface area contributed by atoms with Gasteiger partial charge in [-0.2, -0.15) is 13.2 Å². The van der Waals surface area contributed by atoms with E-state index in [4.69, 9.17) is 16.3 Å². The Morgan fingerprint density at radius 3 is 2.62 bits per heavy atom. The second kappa shape index (κ2) is 6.17. The van der Waals surface area contributed by atoms with E-state index in [-0.39, 0.29) is 28.8 Å². The zero-order chi connectivity index (χ0) is 15.5. The molecule has 1 aromatic carbocycles. The minimum absolute atomic E-state index is 0.0701. The van der Waals surface area contributed by atoms with Gasteiger partial charge in [-0.05, 0) is 11.6 Å². The van der Waals surface area contributed by atoms with Crippen LogP contribution >= 0.6 is 11.6 Å². The van der Waals surface area contributed by atoms with Crippen molar-refractivity contribution < 1.29 is 17.9 Å². The molecule has 2 rings (SSSR count). The predicted molar refractivity (Wildman–Crippen MR) is 72.4 cm³/mol. The summed E-state index contributed by atoms with van der Waals surface area (Å²) in [5, 5.41) is 2.86. The first-order chi connectivity index (χ1) is 9.93. The van der Waals surface area contributed by atoms with Crippen molar-refractivity contribution in [1.82, 2.24) is 9.97 Å². The third kappa shape index (κ3) is 3.55. The van der Waals surface area contributed by atoms with Gasteiger partial charge in [0.1, 0.15) is 6.33 Å². The second-order valence-corrected chi connectivity index (χ2v) is 4.41. The standard InChI is InChI=1S/C13H11ClF3N3O/c1-21-10-11(14)19-7-20-12(10)18-6-8-4-2-3-5-9(8)13(15,16)17/h2-5,7H,6H2,1H3,(H,18,19,20). The Morgan fingerprint density at radius 1 is 1.24 bits per heavy atom. The number of alkyl halides is 3. The van der Waals surface area contributed by atoms with Gasteiger partial charge in [0.2, 0.25) is 0 Å². The maximum Gasteiger partial charge on any atom is 0.416 e. The van der Waals surface area contributed by atoms with Gasteiger partial charge in [-0.15, -0.1) is 0 Å². The predicted octanol–water partition coefficient (Wildman–Crippen LogP) is 3.77. The molecular formula is C13H11ClF3N3O. The Labute approximate surface area is 123 Å². The molecule has 0 aliphatic carbocycles. The molecule has 1 N–H and O–H groups in total. The SMILES string of the molecule is COc1c(Cl)ncnc1NCc1ccccc1C(F)(F)F. The minimum atomic E-state index is -4.41. The topological polar surface area (TPSA) is 47.0 Å². The molecule has 1 heterocycles. The summed E-state index contributed by atoms with van der Waals surface area (Å²) >= 11 is 5.82. The van der Waals surface area contributed by atoms with E-state index in [9.17, 15) is 13.2 Å². The fourth-order valence-electron chi connectivity index (χ4n) is 1.79. The van der Waals surface area contributed by atoms with Crippen molar-refractivity contribution in [3.05, 3.63) is 46.9 Å². The largest absolute Gasteiger partial charge is 0.490 e. The van der Waals surface area contributed by atoms with Crippen LogP contribution in [-0.2, 0) is 12.7 Å². The van der Waals surface area contributed by atoms with Crippen LogP contribution in [0, 0.1) is 0 Å². The fourth-order valence-corrected chi connectivity index (χ4v) is 2.00. The van der Waals surface area contributed by atoms with Crippen molar-refractivity contribution >= 4 is 17.4 Å². The Hall–Kier alpha value is -2.02. The van der Waals surface area contributed by atoms with E-state index < -0.39 is 11.7 Å². The third-order valence-corrected chi connectivity index (χ3v) is 3.00. The number of nitrogens with zero attached hydrogens (tertiary/aromatic N) is 2. The van der Waals surface area contributed by atoms with Crippen molar-refractivity contribution in [2.45, 2.75) is 12.7 Å². The van der Waals surface area contributed by atoms with Crippen LogP contribution in [0.25, 0.3) is 0 Å². The number of halogens is 4. The van der Waals surface area contributed by atoms with Gasteiger partial charge in [0.05, 0.1) is 12.7 Å². The molecule has 0 bridgehead atoms. The second-order valence-electron chi connectivity index (χ2n) is 4.05. The quantitative estimate of drug-likeness (QED) is 0.872. The average molecular weight is 318 g/mol. The Balaban J connectivity index is 2.24. The van der Waals surface area contributed by atoms with Gasteiger partial charge in [0, 0.05) is 6.54 Å². The number of nitrogens with one attached hydrogen (secondary N) is 1. The number of aromatic nitrogens is 2. The summed E-state index contributed by atoms with van der Waals surface area (Å²) in [6.45, 7) is -0.0701. The number of hydrogen-bond donors (Lipinski definition) is 1. The van der Waals surface area contributed by atoms with Crippen molar-refractivity contribution in [3.63, 3.8) is 0 Å². The molecule has 0 aliphatic rings. The highest BCUT2D eigenvalue weighted by molar-refractivity contribution is 6.31. The molecule has 0 spiro atoms. The van der Waals surface area contributed by atoms with E-state index in [2.05, 4.69) is 15.3 Å². The van der Waals surface area contributed by atoms with Crippen LogP contribution in [0.3, 0.4) is 0 Å². The molecular weight excluding hydrogens is 307 g/mol. The van der Waals surface area contributed by atoms with Crippen LogP contribution in [0.1, 0.15) is 11.1 Å². The maximum atomic E-state index is 12.9. The first-order valence-electron chi connectivity index (χ1n) is 5.87. The van der Waals surface area contributed by atoms with Crippen LogP contribution in [0.15, 0.2) is 30.6 Å². The van der Waals surface area contributed by atoms with E-state index in [1.807, 2.05) is 0 Å². The summed E-state index contributed by atoms with van der Waals surface area (Å²) in [4.78, 5) is 7.64. The van der Waals surface area contributed by atoms with Crippen molar-refractivity contribution in [2.24, 2.45) is 0 Å². The van der Waals surface area contributed by atoms with Crippen LogP contribution in [0.2, 0.25) is 5.15 Å². The Morgan fingerprint density at radius 2 is 1.95 bits per heavy atom. The zero-order valence-corrected chi connectivity index (χ0v) is 11.7. The highest BCUT2D eigenvalue weighted by atomic mass is 35.5. The van der Waals surface area contributed by atoms with E-state index in [0.717, 1.165) is 6.07 Å². The molecule has 0 saturated carbocycles. The number of benzene rings is 1. The molecule has 112 valence electrons. The van der Waals surface area contributed by atoms with Crippen molar-refractivity contribution in [1.29, 1.82) is 0 Å².